The monoisotopic (exact) mass is 239 g/mol. The van der Waals surface area contributed by atoms with E-state index < -0.39 is 19.8 Å². The molecule has 0 aliphatic rings. The number of rotatable bonds is 0. The molecule has 0 spiro atoms. The molecule has 0 rings (SSSR count). The fourth-order valence-electron chi connectivity index (χ4n) is 0. The van der Waals surface area contributed by atoms with E-state index in [2.05, 4.69) is 14.8 Å². The van der Waals surface area contributed by atoms with Crippen LogP contribution in [-0.4, -0.2) is 42.8 Å². The molecule has 0 aromatic carbocycles. The van der Waals surface area contributed by atoms with Crippen molar-refractivity contribution >= 4 is 42.8 Å². The SMILES string of the molecule is [CH3-].[CH3][Sn]([CH3])[CH3].[Cl-].[Mg+2]. The van der Waals surface area contributed by atoms with Crippen LogP contribution in [0.4, 0.5) is 0 Å². The topological polar surface area (TPSA) is 0 Å². The fourth-order valence-corrected chi connectivity index (χ4v) is 0. The molecule has 0 aromatic rings. The van der Waals surface area contributed by atoms with Crippen LogP contribution in [-0.2, 0) is 0 Å². The van der Waals surface area contributed by atoms with Gasteiger partial charge in [-0.25, -0.2) is 0 Å². The van der Waals surface area contributed by atoms with E-state index in [-0.39, 0.29) is 42.9 Å². The van der Waals surface area contributed by atoms with Crippen LogP contribution >= 0.6 is 0 Å². The average molecular weight is 239 g/mol. The molecule has 41 valence electrons. The molecule has 0 nitrogen and oxygen atoms in total. The van der Waals surface area contributed by atoms with Gasteiger partial charge >= 0.3 is 57.6 Å². The van der Waals surface area contributed by atoms with Crippen molar-refractivity contribution in [3.63, 3.8) is 0 Å². The molecule has 7 heavy (non-hydrogen) atoms. The van der Waals surface area contributed by atoms with Crippen LogP contribution in [0.5, 0.6) is 0 Å². The van der Waals surface area contributed by atoms with Gasteiger partial charge in [-0.3, -0.25) is 0 Å². The summed E-state index contributed by atoms with van der Waals surface area (Å²) < 4.78 is 0. The third kappa shape index (κ3) is 78.3. The van der Waals surface area contributed by atoms with E-state index in [1.807, 2.05) is 0 Å². The van der Waals surface area contributed by atoms with E-state index in [9.17, 15) is 0 Å². The predicted molar refractivity (Wildman–Crippen MR) is 35.5 cm³/mol. The third-order valence-electron chi connectivity index (χ3n) is 0. The Labute approximate surface area is 76.7 Å². The third-order valence-corrected chi connectivity index (χ3v) is 0. The van der Waals surface area contributed by atoms with Crippen molar-refractivity contribution in [1.82, 2.24) is 0 Å². The molecule has 0 atom stereocenters. The van der Waals surface area contributed by atoms with Crippen LogP contribution < -0.4 is 12.4 Å². The first kappa shape index (κ1) is 23.2. The summed E-state index contributed by atoms with van der Waals surface area (Å²) in [5.41, 5.74) is 0. The fraction of sp³-hybridized carbons (Fsp3) is 0.750. The van der Waals surface area contributed by atoms with Gasteiger partial charge in [0.25, 0.3) is 0 Å². The minimum atomic E-state index is -0.543. The van der Waals surface area contributed by atoms with Crippen molar-refractivity contribution < 1.29 is 12.4 Å². The zero-order chi connectivity index (χ0) is 3.58. The van der Waals surface area contributed by atoms with Gasteiger partial charge in [0.2, 0.25) is 0 Å². The van der Waals surface area contributed by atoms with Gasteiger partial charge in [-0.2, -0.15) is 0 Å². The Morgan fingerprint density at radius 2 is 1.00 bits per heavy atom. The summed E-state index contributed by atoms with van der Waals surface area (Å²) >= 11 is -0.543. The van der Waals surface area contributed by atoms with E-state index in [0.29, 0.717) is 0 Å². The maximum atomic E-state index is 2.36. The van der Waals surface area contributed by atoms with Crippen molar-refractivity contribution in [2.75, 3.05) is 0 Å². The number of halogens is 1. The van der Waals surface area contributed by atoms with E-state index in [1.54, 1.807) is 0 Å². The van der Waals surface area contributed by atoms with Gasteiger partial charge in [-0.15, -0.1) is 0 Å². The van der Waals surface area contributed by atoms with Gasteiger partial charge in [0.1, 0.15) is 0 Å². The molecular weight excluding hydrogens is 227 g/mol. The quantitative estimate of drug-likeness (QED) is 0.354. The van der Waals surface area contributed by atoms with E-state index >= 15 is 0 Å². The summed E-state index contributed by atoms with van der Waals surface area (Å²) in [4.78, 5) is 7.09. The molecule has 0 saturated carbocycles. The second-order valence-corrected chi connectivity index (χ2v) is 10.1. The van der Waals surface area contributed by atoms with Gasteiger partial charge < -0.3 is 19.8 Å². The van der Waals surface area contributed by atoms with Crippen molar-refractivity contribution in [3.8, 4) is 0 Å². The Morgan fingerprint density at radius 1 is 1.00 bits per heavy atom. The Kier molecular flexibility index (Phi) is 51.9. The minimum Gasteiger partial charge on any atom is -1.00 e. The second-order valence-electron chi connectivity index (χ2n) is 1.50. The largest absolute Gasteiger partial charge is 2.00 e. The van der Waals surface area contributed by atoms with Gasteiger partial charge in [0.15, 0.2) is 0 Å². The van der Waals surface area contributed by atoms with Gasteiger partial charge in [0, 0.05) is 0 Å². The average Bonchev–Trinajstić information content (AvgIpc) is 0.811. The molecule has 1 radical (unpaired) electrons. The molecular formula is C4H12ClMgSn. The maximum Gasteiger partial charge on any atom is 2.00 e. The molecule has 0 saturated heterocycles. The Hall–Kier alpha value is 1.85. The Balaban J connectivity index is -0.0000000150. The summed E-state index contributed by atoms with van der Waals surface area (Å²) in [6.45, 7) is 0. The van der Waals surface area contributed by atoms with Crippen molar-refractivity contribution in [3.05, 3.63) is 7.43 Å². The number of hydrogen-bond acceptors (Lipinski definition) is 0. The molecule has 0 N–H and O–H groups in total. The molecule has 0 aliphatic carbocycles. The summed E-state index contributed by atoms with van der Waals surface area (Å²) in [6.07, 6.45) is 0. The molecule has 0 heterocycles. The normalized spacial score (nSPS) is 5.14. The summed E-state index contributed by atoms with van der Waals surface area (Å²) in [7, 11) is 0. The smallest absolute Gasteiger partial charge is 1.00 e. The standard InChI is InChI=1S/4CH3.ClH.Mg.Sn/h4*1H3;1H;;/q;;;-1;;+2;/p-1. The van der Waals surface area contributed by atoms with Gasteiger partial charge in [-0.05, 0) is 0 Å². The van der Waals surface area contributed by atoms with Gasteiger partial charge in [0.05, 0.1) is 0 Å². The maximum absolute atomic E-state index is 2.36. The van der Waals surface area contributed by atoms with Crippen LogP contribution in [0.15, 0.2) is 0 Å². The number of hydrogen-bond donors (Lipinski definition) is 0. The first-order chi connectivity index (χ1) is 1.73. The van der Waals surface area contributed by atoms with Crippen LogP contribution in [0.1, 0.15) is 0 Å². The zero-order valence-electron chi connectivity index (χ0n) is 5.59. The summed E-state index contributed by atoms with van der Waals surface area (Å²) in [6, 6.07) is 0. The van der Waals surface area contributed by atoms with E-state index in [4.69, 9.17) is 0 Å². The molecule has 0 amide bonds. The van der Waals surface area contributed by atoms with Crippen LogP contribution in [0.3, 0.4) is 0 Å². The molecule has 0 aromatic heterocycles. The van der Waals surface area contributed by atoms with Crippen molar-refractivity contribution in [1.29, 1.82) is 0 Å². The minimum absolute atomic E-state index is 0. The molecule has 0 bridgehead atoms. The summed E-state index contributed by atoms with van der Waals surface area (Å²) in [5.74, 6) is 0. The van der Waals surface area contributed by atoms with Crippen LogP contribution in [0.2, 0.25) is 14.8 Å². The van der Waals surface area contributed by atoms with Crippen molar-refractivity contribution in [2.45, 2.75) is 14.8 Å². The Bertz CT molecular complexity index is 16.4. The van der Waals surface area contributed by atoms with E-state index in [1.165, 1.54) is 0 Å². The summed E-state index contributed by atoms with van der Waals surface area (Å²) in [5, 5.41) is 0. The zero-order valence-corrected chi connectivity index (χ0v) is 10.6. The van der Waals surface area contributed by atoms with Crippen LogP contribution in [0, 0.1) is 7.43 Å². The Morgan fingerprint density at radius 3 is 1.00 bits per heavy atom. The first-order valence-corrected chi connectivity index (χ1v) is 10.1. The molecule has 0 aliphatic heterocycles. The molecule has 0 fully saturated rings. The first-order valence-electron chi connectivity index (χ1n) is 1.50. The van der Waals surface area contributed by atoms with Crippen molar-refractivity contribution in [2.24, 2.45) is 0 Å². The predicted octanol–water partition coefficient (Wildman–Crippen LogP) is -1.56. The van der Waals surface area contributed by atoms with Crippen LogP contribution in [0.25, 0.3) is 0 Å². The molecule has 0 unspecified atom stereocenters. The second kappa shape index (κ2) is 15.7. The van der Waals surface area contributed by atoms with E-state index in [0.717, 1.165) is 0 Å². The van der Waals surface area contributed by atoms with Gasteiger partial charge in [-0.1, -0.05) is 0 Å². The molecule has 3 heteroatoms.